The van der Waals surface area contributed by atoms with Gasteiger partial charge in [0.1, 0.15) is 6.04 Å². The molecule has 3 amide bonds. The molecule has 25 heavy (non-hydrogen) atoms. The molecule has 3 rings (SSSR count). The van der Waals surface area contributed by atoms with E-state index in [-0.39, 0.29) is 18.1 Å². The highest BCUT2D eigenvalue weighted by molar-refractivity contribution is 6.30. The zero-order valence-corrected chi connectivity index (χ0v) is 14.0. The number of benzene rings is 2. The van der Waals surface area contributed by atoms with Crippen LogP contribution in [0, 0.1) is 10.1 Å². The van der Waals surface area contributed by atoms with E-state index < -0.39 is 17.0 Å². The Hall–Kier alpha value is -2.93. The van der Waals surface area contributed by atoms with Crippen molar-refractivity contribution in [2.75, 3.05) is 4.90 Å². The van der Waals surface area contributed by atoms with Gasteiger partial charge in [-0.3, -0.25) is 24.7 Å². The van der Waals surface area contributed by atoms with Crippen LogP contribution in [0.4, 0.5) is 16.2 Å². The third kappa shape index (κ3) is 3.18. The van der Waals surface area contributed by atoms with Crippen LogP contribution < -0.4 is 4.90 Å². The van der Waals surface area contributed by atoms with Crippen molar-refractivity contribution in [3.8, 4) is 0 Å². The van der Waals surface area contributed by atoms with Gasteiger partial charge in [-0.15, -0.1) is 0 Å². The molecule has 128 valence electrons. The zero-order chi connectivity index (χ0) is 18.1. The summed E-state index contributed by atoms with van der Waals surface area (Å²) < 4.78 is 0. The van der Waals surface area contributed by atoms with Crippen molar-refractivity contribution in [1.82, 2.24) is 4.90 Å². The number of hydrogen-bond donors (Lipinski definition) is 0. The van der Waals surface area contributed by atoms with E-state index in [0.717, 1.165) is 4.90 Å². The summed E-state index contributed by atoms with van der Waals surface area (Å²) >= 11 is 5.86. The largest absolute Gasteiger partial charge is 0.332 e. The molecule has 1 unspecified atom stereocenters. The van der Waals surface area contributed by atoms with Crippen molar-refractivity contribution in [2.45, 2.75) is 19.5 Å². The molecule has 0 aliphatic carbocycles. The molecule has 0 spiro atoms. The summed E-state index contributed by atoms with van der Waals surface area (Å²) in [7, 11) is 0. The van der Waals surface area contributed by atoms with Gasteiger partial charge in [0.25, 0.3) is 11.6 Å². The summed E-state index contributed by atoms with van der Waals surface area (Å²) in [5, 5.41) is 11.2. The number of nitrogens with zero attached hydrogens (tertiary/aromatic N) is 3. The van der Waals surface area contributed by atoms with E-state index in [4.69, 9.17) is 11.6 Å². The van der Waals surface area contributed by atoms with Crippen molar-refractivity contribution in [1.29, 1.82) is 0 Å². The van der Waals surface area contributed by atoms with Crippen LogP contribution in [0.1, 0.15) is 12.5 Å². The van der Waals surface area contributed by atoms with Gasteiger partial charge in [0.15, 0.2) is 0 Å². The second-order valence-electron chi connectivity index (χ2n) is 5.65. The topological polar surface area (TPSA) is 83.8 Å². The normalized spacial score (nSPS) is 17.3. The van der Waals surface area contributed by atoms with Crippen molar-refractivity contribution in [3.63, 3.8) is 0 Å². The highest BCUT2D eigenvalue weighted by atomic mass is 35.5. The van der Waals surface area contributed by atoms with Crippen molar-refractivity contribution in [3.05, 3.63) is 69.2 Å². The molecule has 0 bridgehead atoms. The lowest BCUT2D eigenvalue weighted by atomic mass is 10.2. The van der Waals surface area contributed by atoms with Gasteiger partial charge in [-0.2, -0.15) is 0 Å². The summed E-state index contributed by atoms with van der Waals surface area (Å²) in [5.41, 5.74) is 1.18. The Morgan fingerprint density at radius 1 is 1.08 bits per heavy atom. The van der Waals surface area contributed by atoms with E-state index in [9.17, 15) is 19.7 Å². The van der Waals surface area contributed by atoms with Gasteiger partial charge < -0.3 is 0 Å². The van der Waals surface area contributed by atoms with Crippen LogP contribution in [0.25, 0.3) is 0 Å². The number of urea groups is 1. The fourth-order valence-electron chi connectivity index (χ4n) is 2.71. The fourth-order valence-corrected chi connectivity index (χ4v) is 2.84. The zero-order valence-electron chi connectivity index (χ0n) is 13.3. The van der Waals surface area contributed by atoms with E-state index in [1.807, 2.05) is 0 Å². The van der Waals surface area contributed by atoms with Crippen molar-refractivity contribution >= 4 is 34.9 Å². The number of carbonyl (C=O) groups excluding carboxylic acids is 2. The lowest BCUT2D eigenvalue weighted by molar-refractivity contribution is -0.384. The number of carbonyl (C=O) groups is 2. The Labute approximate surface area is 148 Å². The molecule has 0 N–H and O–H groups in total. The molecule has 0 radical (unpaired) electrons. The maximum absolute atomic E-state index is 12.7. The Bertz CT molecular complexity index is 836. The van der Waals surface area contributed by atoms with Crippen LogP contribution in [-0.2, 0) is 11.3 Å². The lowest BCUT2D eigenvalue weighted by Gasteiger charge is -2.19. The number of nitro groups is 1. The predicted molar refractivity (Wildman–Crippen MR) is 92.4 cm³/mol. The first kappa shape index (κ1) is 16.9. The van der Waals surface area contributed by atoms with E-state index >= 15 is 0 Å². The van der Waals surface area contributed by atoms with E-state index in [0.29, 0.717) is 16.3 Å². The number of non-ortho nitro benzene ring substituents is 1. The van der Waals surface area contributed by atoms with Crippen molar-refractivity contribution < 1.29 is 14.5 Å². The minimum Gasteiger partial charge on any atom is -0.282 e. The van der Waals surface area contributed by atoms with Crippen LogP contribution in [0.15, 0.2) is 48.5 Å². The third-order valence-corrected chi connectivity index (χ3v) is 4.29. The summed E-state index contributed by atoms with van der Waals surface area (Å²) in [6.45, 7) is 1.72. The summed E-state index contributed by atoms with van der Waals surface area (Å²) in [5.74, 6) is -0.321. The second kappa shape index (κ2) is 6.52. The average molecular weight is 360 g/mol. The first-order valence-electron chi connectivity index (χ1n) is 7.52. The van der Waals surface area contributed by atoms with Crippen LogP contribution in [0.3, 0.4) is 0 Å². The number of hydrogen-bond acceptors (Lipinski definition) is 4. The third-order valence-electron chi connectivity index (χ3n) is 4.04. The Morgan fingerprint density at radius 3 is 2.24 bits per heavy atom. The highest BCUT2D eigenvalue weighted by Gasteiger charge is 2.43. The minimum absolute atomic E-state index is 0.0426. The Balaban J connectivity index is 1.82. The standard InChI is InChI=1S/C17H14ClN3O4/c1-11-16(22)19(10-12-2-6-15(7-3-12)21(24)25)17(23)20(11)14-8-4-13(18)5-9-14/h2-9,11H,10H2,1H3. The van der Waals surface area contributed by atoms with Crippen molar-refractivity contribution in [2.24, 2.45) is 0 Å². The number of imide groups is 1. The number of halogens is 1. The minimum atomic E-state index is -0.633. The first-order valence-corrected chi connectivity index (χ1v) is 7.90. The predicted octanol–water partition coefficient (Wildman–Crippen LogP) is 3.61. The Morgan fingerprint density at radius 2 is 1.68 bits per heavy atom. The van der Waals surface area contributed by atoms with Gasteiger partial charge >= 0.3 is 6.03 Å². The summed E-state index contributed by atoms with van der Waals surface area (Å²) in [4.78, 5) is 37.9. The SMILES string of the molecule is CC1C(=O)N(Cc2ccc([N+](=O)[O-])cc2)C(=O)N1c1ccc(Cl)cc1. The van der Waals surface area contributed by atoms with Gasteiger partial charge in [0.2, 0.25) is 0 Å². The molecule has 0 aromatic heterocycles. The maximum atomic E-state index is 12.7. The molecule has 1 aliphatic rings. The number of nitro benzene ring substituents is 1. The summed E-state index contributed by atoms with van der Waals surface area (Å²) in [6, 6.07) is 11.4. The number of amides is 3. The quantitative estimate of drug-likeness (QED) is 0.474. The van der Waals surface area contributed by atoms with Gasteiger partial charge in [-0.25, -0.2) is 4.79 Å². The molecule has 1 heterocycles. The fraction of sp³-hybridized carbons (Fsp3) is 0.176. The van der Waals surface area contributed by atoms with E-state index in [2.05, 4.69) is 0 Å². The number of rotatable bonds is 4. The maximum Gasteiger partial charge on any atom is 0.332 e. The summed E-state index contributed by atoms with van der Waals surface area (Å²) in [6.07, 6.45) is 0. The highest BCUT2D eigenvalue weighted by Crippen LogP contribution is 2.28. The van der Waals surface area contributed by atoms with Gasteiger partial charge in [-0.1, -0.05) is 23.7 Å². The molecule has 2 aromatic rings. The molecule has 2 aromatic carbocycles. The first-order chi connectivity index (χ1) is 11.9. The monoisotopic (exact) mass is 359 g/mol. The number of anilines is 1. The Kier molecular flexibility index (Phi) is 4.41. The lowest BCUT2D eigenvalue weighted by Crippen LogP contribution is -2.33. The molecular formula is C17H14ClN3O4. The molecule has 8 heteroatoms. The molecule has 7 nitrogen and oxygen atoms in total. The second-order valence-corrected chi connectivity index (χ2v) is 6.09. The smallest absolute Gasteiger partial charge is 0.282 e. The molecule has 1 atom stereocenters. The molecule has 1 saturated heterocycles. The average Bonchev–Trinajstić information content (AvgIpc) is 2.80. The van der Waals surface area contributed by atoms with Crippen LogP contribution in [-0.4, -0.2) is 27.8 Å². The molecule has 1 aliphatic heterocycles. The van der Waals surface area contributed by atoms with Gasteiger partial charge in [-0.05, 0) is 36.8 Å². The van der Waals surface area contributed by atoms with E-state index in [1.165, 1.54) is 29.2 Å². The molecule has 0 saturated carbocycles. The van der Waals surface area contributed by atoms with Gasteiger partial charge in [0.05, 0.1) is 11.5 Å². The molecule has 1 fully saturated rings. The van der Waals surface area contributed by atoms with E-state index in [1.54, 1.807) is 31.2 Å². The van der Waals surface area contributed by atoms with Crippen LogP contribution in [0.5, 0.6) is 0 Å². The molecular weight excluding hydrogens is 346 g/mol. The van der Waals surface area contributed by atoms with Crippen LogP contribution in [0.2, 0.25) is 5.02 Å². The van der Waals surface area contributed by atoms with Crippen LogP contribution >= 0.6 is 11.6 Å². The van der Waals surface area contributed by atoms with Gasteiger partial charge in [0, 0.05) is 22.8 Å².